The Labute approximate surface area is 121 Å². The first-order valence-corrected chi connectivity index (χ1v) is 7.89. The van der Waals surface area contributed by atoms with E-state index in [0.29, 0.717) is 17.8 Å². The minimum Gasteiger partial charge on any atom is -0.367 e. The smallest absolute Gasteiger partial charge is 0.234 e. The zero-order valence-corrected chi connectivity index (χ0v) is 12.7. The van der Waals surface area contributed by atoms with Crippen molar-refractivity contribution in [3.05, 3.63) is 0 Å². The van der Waals surface area contributed by atoms with Gasteiger partial charge in [-0.15, -0.1) is 5.10 Å². The number of rotatable bonds is 2. The first kappa shape index (κ1) is 15.0. The van der Waals surface area contributed by atoms with E-state index in [1.54, 1.807) is 0 Å². The molecule has 0 amide bonds. The van der Waals surface area contributed by atoms with Crippen molar-refractivity contribution >= 4 is 17.4 Å². The van der Waals surface area contributed by atoms with Crippen LogP contribution in [0.25, 0.3) is 0 Å². The van der Waals surface area contributed by atoms with Gasteiger partial charge in [0.05, 0.1) is 0 Å². The van der Waals surface area contributed by atoms with Crippen LogP contribution in [0, 0.1) is 11.8 Å². The van der Waals surface area contributed by atoms with Gasteiger partial charge in [0.1, 0.15) is 0 Å². The molecule has 2 fully saturated rings. The molecule has 2 saturated carbocycles. The summed E-state index contributed by atoms with van der Waals surface area (Å²) in [7, 11) is 0. The van der Waals surface area contributed by atoms with Crippen LogP contribution in [0.4, 0.5) is 0 Å². The molecule has 2 aliphatic rings. The average molecular weight is 277 g/mol. The third-order valence-electron chi connectivity index (χ3n) is 4.38. The van der Waals surface area contributed by atoms with E-state index in [0.717, 1.165) is 12.8 Å². The average Bonchev–Trinajstić information content (AvgIpc) is 2.45. The fourth-order valence-electron chi connectivity index (χ4n) is 2.92. The molecule has 20 heavy (non-hydrogen) atoms. The molecule has 0 aromatic heterocycles. The quantitative estimate of drug-likeness (QED) is 0.462. The molecule has 2 atom stereocenters. The van der Waals surface area contributed by atoms with Crippen molar-refractivity contribution in [2.45, 2.75) is 65.2 Å². The summed E-state index contributed by atoms with van der Waals surface area (Å²) in [5, 5.41) is 12.8. The zero-order chi connectivity index (χ0) is 14.4. The molecular weight excluding hydrogens is 250 g/mol. The summed E-state index contributed by atoms with van der Waals surface area (Å²) in [6.07, 6.45) is 9.57. The van der Waals surface area contributed by atoms with E-state index in [1.165, 1.54) is 49.9 Å². The van der Waals surface area contributed by atoms with E-state index in [1.807, 2.05) is 0 Å². The summed E-state index contributed by atoms with van der Waals surface area (Å²) >= 11 is 0. The van der Waals surface area contributed by atoms with Crippen LogP contribution in [0.3, 0.4) is 0 Å². The molecule has 0 aliphatic heterocycles. The monoisotopic (exact) mass is 277 g/mol. The number of hydrazone groups is 1. The van der Waals surface area contributed by atoms with E-state index >= 15 is 0 Å². The molecular formula is C15H27N5. The van der Waals surface area contributed by atoms with E-state index in [4.69, 9.17) is 5.73 Å². The number of nitrogens with zero attached hydrogens (tertiary/aromatic N) is 3. The molecule has 2 unspecified atom stereocenters. The topological polar surface area (TPSA) is 75.1 Å². The van der Waals surface area contributed by atoms with Gasteiger partial charge in [0, 0.05) is 11.4 Å². The van der Waals surface area contributed by atoms with Crippen molar-refractivity contribution in [2.24, 2.45) is 32.9 Å². The molecule has 0 aromatic rings. The molecule has 0 aromatic carbocycles. The molecule has 112 valence electrons. The molecule has 0 bridgehead atoms. The summed E-state index contributed by atoms with van der Waals surface area (Å²) in [4.78, 5) is 0. The standard InChI is InChI=1S/C15H27N5/c1-11-7-3-5-9-13(11)17-19-15(16)20-18-14-10-6-4-8-12(14)2/h11-12H,3-10H2,1-2H3,(H3,16,19,20)/b17-13+,18-14+. The molecule has 0 spiro atoms. The third-order valence-corrected chi connectivity index (χ3v) is 4.38. The Hall–Kier alpha value is -1.39. The minimum atomic E-state index is 0.292. The lowest BCUT2D eigenvalue weighted by Gasteiger charge is -2.20. The number of guanidine groups is 1. The highest BCUT2D eigenvalue weighted by molar-refractivity contribution is 5.90. The van der Waals surface area contributed by atoms with Crippen molar-refractivity contribution in [1.82, 2.24) is 5.43 Å². The van der Waals surface area contributed by atoms with Crippen LogP contribution >= 0.6 is 0 Å². The van der Waals surface area contributed by atoms with Gasteiger partial charge in [-0.05, 0) is 50.4 Å². The number of nitrogens with one attached hydrogen (secondary N) is 1. The summed E-state index contributed by atoms with van der Waals surface area (Å²) in [5.41, 5.74) is 11.0. The zero-order valence-electron chi connectivity index (χ0n) is 12.7. The van der Waals surface area contributed by atoms with Gasteiger partial charge < -0.3 is 5.73 Å². The van der Waals surface area contributed by atoms with Gasteiger partial charge in [0.25, 0.3) is 0 Å². The van der Waals surface area contributed by atoms with Gasteiger partial charge in [-0.3, -0.25) is 0 Å². The second kappa shape index (κ2) is 7.41. The summed E-state index contributed by atoms with van der Waals surface area (Å²) < 4.78 is 0. The first-order chi connectivity index (χ1) is 9.66. The first-order valence-electron chi connectivity index (χ1n) is 7.89. The maximum absolute atomic E-state index is 5.82. The fourth-order valence-corrected chi connectivity index (χ4v) is 2.92. The van der Waals surface area contributed by atoms with Crippen molar-refractivity contribution in [2.75, 3.05) is 0 Å². The lowest BCUT2D eigenvalue weighted by Crippen LogP contribution is -2.30. The maximum atomic E-state index is 5.82. The van der Waals surface area contributed by atoms with E-state index in [-0.39, 0.29) is 0 Å². The number of hydrogen-bond donors (Lipinski definition) is 2. The minimum absolute atomic E-state index is 0.292. The SMILES string of the molecule is CC1CCCC/C1=N\N=C(\N)N/N=C1\CCCCC1C. The Kier molecular flexibility index (Phi) is 5.56. The Morgan fingerprint density at radius 2 is 1.60 bits per heavy atom. The predicted octanol–water partition coefficient (Wildman–Crippen LogP) is 3.02. The van der Waals surface area contributed by atoms with Crippen LogP contribution < -0.4 is 11.2 Å². The third kappa shape index (κ3) is 4.32. The van der Waals surface area contributed by atoms with Gasteiger partial charge >= 0.3 is 0 Å². The molecule has 3 N–H and O–H groups in total. The van der Waals surface area contributed by atoms with Crippen LogP contribution in [0.15, 0.2) is 15.3 Å². The summed E-state index contributed by atoms with van der Waals surface area (Å²) in [6, 6.07) is 0. The van der Waals surface area contributed by atoms with E-state index in [2.05, 4.69) is 34.6 Å². The Bertz CT molecular complexity index is 410. The predicted molar refractivity (Wildman–Crippen MR) is 84.9 cm³/mol. The lowest BCUT2D eigenvalue weighted by atomic mass is 9.89. The normalized spacial score (nSPS) is 32.6. The Morgan fingerprint density at radius 1 is 1.00 bits per heavy atom. The number of hydrogen-bond acceptors (Lipinski definition) is 3. The molecule has 0 heterocycles. The second-order valence-corrected chi connectivity index (χ2v) is 6.09. The van der Waals surface area contributed by atoms with Crippen LogP contribution in [0.2, 0.25) is 0 Å². The Morgan fingerprint density at radius 3 is 2.20 bits per heavy atom. The van der Waals surface area contributed by atoms with Crippen LogP contribution in [-0.4, -0.2) is 17.4 Å². The number of nitrogens with two attached hydrogens (primary N) is 1. The van der Waals surface area contributed by atoms with E-state index < -0.39 is 0 Å². The van der Waals surface area contributed by atoms with Gasteiger partial charge in [-0.25, -0.2) is 5.43 Å². The van der Waals surface area contributed by atoms with E-state index in [9.17, 15) is 0 Å². The van der Waals surface area contributed by atoms with Gasteiger partial charge in [-0.1, -0.05) is 26.7 Å². The maximum Gasteiger partial charge on any atom is 0.234 e. The lowest BCUT2D eigenvalue weighted by molar-refractivity contribution is 0.555. The highest BCUT2D eigenvalue weighted by Gasteiger charge is 2.16. The van der Waals surface area contributed by atoms with Crippen LogP contribution in [0.1, 0.15) is 65.2 Å². The van der Waals surface area contributed by atoms with Crippen molar-refractivity contribution in [3.63, 3.8) is 0 Å². The Balaban J connectivity index is 1.90. The van der Waals surface area contributed by atoms with Crippen molar-refractivity contribution in [1.29, 1.82) is 0 Å². The van der Waals surface area contributed by atoms with Crippen molar-refractivity contribution in [3.8, 4) is 0 Å². The summed E-state index contributed by atoms with van der Waals surface area (Å²) in [6.45, 7) is 4.43. The summed E-state index contributed by atoms with van der Waals surface area (Å²) in [5.74, 6) is 1.37. The van der Waals surface area contributed by atoms with Crippen LogP contribution in [0.5, 0.6) is 0 Å². The molecule has 5 nitrogen and oxygen atoms in total. The van der Waals surface area contributed by atoms with Gasteiger partial charge in [0.15, 0.2) is 0 Å². The van der Waals surface area contributed by atoms with Crippen molar-refractivity contribution < 1.29 is 0 Å². The molecule has 2 rings (SSSR count). The highest BCUT2D eigenvalue weighted by Crippen LogP contribution is 2.21. The van der Waals surface area contributed by atoms with Gasteiger partial charge in [0.2, 0.25) is 5.96 Å². The second-order valence-electron chi connectivity index (χ2n) is 6.09. The highest BCUT2D eigenvalue weighted by atomic mass is 15.4. The largest absolute Gasteiger partial charge is 0.367 e. The van der Waals surface area contributed by atoms with Crippen LogP contribution in [-0.2, 0) is 0 Å². The molecule has 2 aliphatic carbocycles. The fraction of sp³-hybridized carbons (Fsp3) is 0.800. The molecule has 0 saturated heterocycles. The van der Waals surface area contributed by atoms with Gasteiger partial charge in [-0.2, -0.15) is 10.2 Å². The molecule has 5 heteroatoms. The molecule has 0 radical (unpaired) electrons.